The normalized spacial score (nSPS) is 11.8. The van der Waals surface area contributed by atoms with E-state index in [2.05, 4.69) is 12.2 Å². The third kappa shape index (κ3) is 4.35. The van der Waals surface area contributed by atoms with Crippen molar-refractivity contribution in [2.45, 2.75) is 32.2 Å². The molecule has 0 heterocycles. The molecule has 1 aromatic carbocycles. The maximum absolute atomic E-state index is 12.0. The number of rotatable bonds is 6. The van der Waals surface area contributed by atoms with Crippen LogP contribution in [-0.2, 0) is 4.79 Å². The maximum Gasteiger partial charge on any atom is 0.255 e. The third-order valence-electron chi connectivity index (χ3n) is 3.03. The van der Waals surface area contributed by atoms with Crippen LogP contribution in [0.15, 0.2) is 24.3 Å². The second kappa shape index (κ2) is 7.65. The van der Waals surface area contributed by atoms with Crippen molar-refractivity contribution in [3.63, 3.8) is 0 Å². The summed E-state index contributed by atoms with van der Waals surface area (Å²) in [5.74, 6) is -0.402. The van der Waals surface area contributed by atoms with Gasteiger partial charge in [-0.3, -0.25) is 9.59 Å². The van der Waals surface area contributed by atoms with E-state index in [1.54, 1.807) is 38.4 Å². The van der Waals surface area contributed by atoms with E-state index in [1.807, 2.05) is 0 Å². The molecule has 5 heteroatoms. The molecule has 0 aromatic heterocycles. The average Bonchev–Trinajstić information content (AvgIpc) is 2.44. The Morgan fingerprint density at radius 1 is 1.30 bits per heavy atom. The Morgan fingerprint density at radius 3 is 2.55 bits per heavy atom. The van der Waals surface area contributed by atoms with Crippen molar-refractivity contribution in [3.05, 3.63) is 29.8 Å². The van der Waals surface area contributed by atoms with Crippen LogP contribution < -0.4 is 11.1 Å². The number of nitrogens with zero attached hydrogens (tertiary/aromatic N) is 1. The van der Waals surface area contributed by atoms with Crippen LogP contribution in [0.5, 0.6) is 0 Å². The van der Waals surface area contributed by atoms with Crippen LogP contribution in [0.1, 0.15) is 36.5 Å². The predicted octanol–water partition coefficient (Wildman–Crippen LogP) is 1.84. The number of anilines is 1. The first-order chi connectivity index (χ1) is 9.47. The zero-order chi connectivity index (χ0) is 15.1. The van der Waals surface area contributed by atoms with Crippen molar-refractivity contribution in [2.24, 2.45) is 5.73 Å². The number of carbonyl (C=O) groups excluding carboxylic acids is 2. The Kier molecular flexibility index (Phi) is 6.18. The highest BCUT2D eigenvalue weighted by Gasteiger charge is 2.17. The Bertz CT molecular complexity index is 472. The lowest BCUT2D eigenvalue weighted by molar-refractivity contribution is -0.117. The quantitative estimate of drug-likeness (QED) is 0.833. The van der Waals surface area contributed by atoms with Crippen LogP contribution in [0.4, 0.5) is 5.69 Å². The minimum Gasteiger partial charge on any atom is -0.345 e. The fourth-order valence-corrected chi connectivity index (χ4v) is 1.80. The van der Waals surface area contributed by atoms with Gasteiger partial charge in [-0.1, -0.05) is 31.9 Å². The molecule has 5 nitrogen and oxygen atoms in total. The average molecular weight is 277 g/mol. The monoisotopic (exact) mass is 277 g/mol. The summed E-state index contributed by atoms with van der Waals surface area (Å²) in [6.45, 7) is 2.05. The largest absolute Gasteiger partial charge is 0.345 e. The molecule has 0 aliphatic rings. The zero-order valence-corrected chi connectivity index (χ0v) is 12.3. The van der Waals surface area contributed by atoms with Gasteiger partial charge in [0, 0.05) is 14.1 Å². The van der Waals surface area contributed by atoms with E-state index in [0.29, 0.717) is 17.7 Å². The highest BCUT2D eigenvalue weighted by atomic mass is 16.2. The van der Waals surface area contributed by atoms with E-state index in [-0.39, 0.29) is 11.8 Å². The topological polar surface area (TPSA) is 75.4 Å². The molecule has 0 fully saturated rings. The van der Waals surface area contributed by atoms with Crippen LogP contribution in [0.2, 0.25) is 0 Å². The molecule has 1 aromatic rings. The van der Waals surface area contributed by atoms with E-state index in [9.17, 15) is 9.59 Å². The van der Waals surface area contributed by atoms with Gasteiger partial charge >= 0.3 is 0 Å². The summed E-state index contributed by atoms with van der Waals surface area (Å²) >= 11 is 0. The van der Waals surface area contributed by atoms with E-state index in [4.69, 9.17) is 5.73 Å². The number of hydrogen-bond acceptors (Lipinski definition) is 3. The fraction of sp³-hybridized carbons (Fsp3) is 0.467. The standard InChI is InChI=1S/C15H23N3O2/c1-4-5-9-12(16)14(19)17-13-10-7-6-8-11(13)15(20)18(2)3/h6-8,10,12H,4-5,9,16H2,1-3H3,(H,17,19)/t12-/m0/s1. The lowest BCUT2D eigenvalue weighted by atomic mass is 10.1. The highest BCUT2D eigenvalue weighted by Crippen LogP contribution is 2.17. The molecule has 0 saturated carbocycles. The zero-order valence-electron chi connectivity index (χ0n) is 12.3. The van der Waals surface area contributed by atoms with Crippen molar-refractivity contribution in [3.8, 4) is 0 Å². The lowest BCUT2D eigenvalue weighted by Gasteiger charge is -2.16. The molecule has 110 valence electrons. The molecule has 20 heavy (non-hydrogen) atoms. The van der Waals surface area contributed by atoms with Gasteiger partial charge in [-0.2, -0.15) is 0 Å². The van der Waals surface area contributed by atoms with Gasteiger partial charge in [-0.25, -0.2) is 0 Å². The summed E-state index contributed by atoms with van der Waals surface area (Å²) in [6, 6.07) is 6.40. The summed E-state index contributed by atoms with van der Waals surface area (Å²) in [6.07, 6.45) is 2.55. The lowest BCUT2D eigenvalue weighted by Crippen LogP contribution is -2.36. The van der Waals surface area contributed by atoms with Crippen LogP contribution in [0.3, 0.4) is 0 Å². The first kappa shape index (κ1) is 16.2. The molecule has 0 bridgehead atoms. The molecular formula is C15H23N3O2. The van der Waals surface area contributed by atoms with Crippen LogP contribution in [0.25, 0.3) is 0 Å². The van der Waals surface area contributed by atoms with Gasteiger partial charge in [0.05, 0.1) is 17.3 Å². The summed E-state index contributed by atoms with van der Waals surface area (Å²) in [5, 5.41) is 2.74. The Balaban J connectivity index is 2.82. The van der Waals surface area contributed by atoms with Gasteiger partial charge in [-0.05, 0) is 18.6 Å². The van der Waals surface area contributed by atoms with Gasteiger partial charge in [0.25, 0.3) is 5.91 Å². The van der Waals surface area contributed by atoms with Crippen LogP contribution >= 0.6 is 0 Å². The van der Waals surface area contributed by atoms with E-state index >= 15 is 0 Å². The molecule has 3 N–H and O–H groups in total. The number of nitrogens with two attached hydrogens (primary N) is 1. The van der Waals surface area contributed by atoms with Crippen molar-refractivity contribution in [1.82, 2.24) is 4.90 Å². The smallest absolute Gasteiger partial charge is 0.255 e. The molecule has 2 amide bonds. The number of unbranched alkanes of at least 4 members (excludes halogenated alkanes) is 1. The van der Waals surface area contributed by atoms with Crippen molar-refractivity contribution < 1.29 is 9.59 Å². The summed E-state index contributed by atoms with van der Waals surface area (Å²) in [4.78, 5) is 25.5. The van der Waals surface area contributed by atoms with E-state index in [1.165, 1.54) is 4.90 Å². The number of hydrogen-bond donors (Lipinski definition) is 2. The van der Waals surface area contributed by atoms with Gasteiger partial charge in [0.15, 0.2) is 0 Å². The minimum absolute atomic E-state index is 0.150. The van der Waals surface area contributed by atoms with E-state index in [0.717, 1.165) is 12.8 Å². The number of nitrogens with one attached hydrogen (secondary N) is 1. The molecule has 0 spiro atoms. The molecule has 0 saturated heterocycles. The second-order valence-corrected chi connectivity index (χ2v) is 4.98. The molecule has 1 rings (SSSR count). The summed E-state index contributed by atoms with van der Waals surface area (Å²) in [5.41, 5.74) is 6.80. The highest BCUT2D eigenvalue weighted by molar-refractivity contribution is 6.04. The maximum atomic E-state index is 12.0. The summed E-state index contributed by atoms with van der Waals surface area (Å²) < 4.78 is 0. The Labute approximate surface area is 120 Å². The summed E-state index contributed by atoms with van der Waals surface area (Å²) in [7, 11) is 3.35. The molecule has 0 unspecified atom stereocenters. The van der Waals surface area contributed by atoms with Crippen LogP contribution in [0, 0.1) is 0 Å². The molecule has 1 atom stereocenters. The number of carbonyl (C=O) groups is 2. The molecular weight excluding hydrogens is 254 g/mol. The molecule has 0 radical (unpaired) electrons. The first-order valence-electron chi connectivity index (χ1n) is 6.84. The van der Waals surface area contributed by atoms with Crippen molar-refractivity contribution in [2.75, 3.05) is 19.4 Å². The van der Waals surface area contributed by atoms with E-state index < -0.39 is 6.04 Å². The number of amides is 2. The minimum atomic E-state index is -0.544. The van der Waals surface area contributed by atoms with Gasteiger partial charge in [-0.15, -0.1) is 0 Å². The number of para-hydroxylation sites is 1. The van der Waals surface area contributed by atoms with Crippen molar-refractivity contribution >= 4 is 17.5 Å². The SMILES string of the molecule is CCCC[C@H](N)C(=O)Nc1ccccc1C(=O)N(C)C. The second-order valence-electron chi connectivity index (χ2n) is 4.98. The molecule has 0 aliphatic heterocycles. The number of benzene rings is 1. The first-order valence-corrected chi connectivity index (χ1v) is 6.84. The predicted molar refractivity (Wildman–Crippen MR) is 80.6 cm³/mol. The van der Waals surface area contributed by atoms with Crippen LogP contribution in [-0.4, -0.2) is 36.9 Å². The van der Waals surface area contributed by atoms with Gasteiger partial charge in [0.2, 0.25) is 5.91 Å². The Morgan fingerprint density at radius 2 is 1.95 bits per heavy atom. The fourth-order valence-electron chi connectivity index (χ4n) is 1.80. The Hall–Kier alpha value is -1.88. The van der Waals surface area contributed by atoms with Gasteiger partial charge < -0.3 is 16.0 Å². The van der Waals surface area contributed by atoms with Gasteiger partial charge in [0.1, 0.15) is 0 Å². The third-order valence-corrected chi connectivity index (χ3v) is 3.03. The van der Waals surface area contributed by atoms with Crippen molar-refractivity contribution in [1.29, 1.82) is 0 Å². The molecule has 0 aliphatic carbocycles.